The first-order valence-electron chi connectivity index (χ1n) is 8.72. The van der Waals surface area contributed by atoms with E-state index in [2.05, 4.69) is 13.8 Å². The van der Waals surface area contributed by atoms with Crippen LogP contribution in [0.2, 0.25) is 0 Å². The molecule has 0 heterocycles. The predicted octanol–water partition coefficient (Wildman–Crippen LogP) is 6.48. The lowest BCUT2D eigenvalue weighted by molar-refractivity contribution is -0.0848. The molecule has 0 spiro atoms. The van der Waals surface area contributed by atoms with E-state index in [4.69, 9.17) is 21.1 Å². The van der Waals surface area contributed by atoms with E-state index in [0.29, 0.717) is 5.92 Å². The molecule has 1 aliphatic rings. The van der Waals surface area contributed by atoms with Crippen LogP contribution < -0.4 is 0 Å². The molecule has 0 aromatic heterocycles. The number of hydrogen-bond acceptors (Lipinski definition) is 3. The molecule has 0 amide bonds. The summed E-state index contributed by atoms with van der Waals surface area (Å²) < 4.78 is 48.1. The monoisotopic (exact) mass is 404 g/mol. The number of allylic oxidation sites excluding steroid dienone is 1. The lowest BCUT2D eigenvalue weighted by Gasteiger charge is -2.14. The van der Waals surface area contributed by atoms with Gasteiger partial charge >= 0.3 is 12.3 Å². The number of carbonyl (C=O) groups excluding carboxylic acids is 1. The fraction of sp³-hybridized carbons (Fsp3) is 0.550. The van der Waals surface area contributed by atoms with E-state index in [1.54, 1.807) is 13.8 Å². The minimum atomic E-state index is -4.61. The molecule has 0 bridgehead atoms. The van der Waals surface area contributed by atoms with Crippen LogP contribution in [0.5, 0.6) is 0 Å². The maximum absolute atomic E-state index is 12.6. The average Bonchev–Trinajstić information content (AvgIpc) is 3.04. The maximum atomic E-state index is 12.6. The summed E-state index contributed by atoms with van der Waals surface area (Å²) in [6.45, 7) is 9.59. The van der Waals surface area contributed by atoms with Crippen molar-refractivity contribution < 1.29 is 27.4 Å². The fourth-order valence-corrected chi connectivity index (χ4v) is 3.30. The van der Waals surface area contributed by atoms with Gasteiger partial charge in [0.15, 0.2) is 0 Å². The van der Waals surface area contributed by atoms with E-state index in [1.165, 1.54) is 5.56 Å². The van der Waals surface area contributed by atoms with Gasteiger partial charge in [-0.1, -0.05) is 63.6 Å². The van der Waals surface area contributed by atoms with Crippen molar-refractivity contribution in [2.24, 2.45) is 11.3 Å². The molecule has 1 saturated carbocycles. The molecular weight excluding hydrogens is 381 g/mol. The minimum absolute atomic E-state index is 0.0438. The van der Waals surface area contributed by atoms with Gasteiger partial charge in [0.05, 0.1) is 0 Å². The van der Waals surface area contributed by atoms with Crippen molar-refractivity contribution in [2.75, 3.05) is 0 Å². The summed E-state index contributed by atoms with van der Waals surface area (Å²) in [6, 6.07) is 5.79. The number of ether oxygens (including phenoxy) is 2. The second kappa shape index (κ2) is 7.74. The average molecular weight is 405 g/mol. The van der Waals surface area contributed by atoms with Gasteiger partial charge in [0, 0.05) is 11.3 Å². The van der Waals surface area contributed by atoms with Crippen molar-refractivity contribution in [1.82, 2.24) is 0 Å². The topological polar surface area (TPSA) is 35.5 Å². The first-order chi connectivity index (χ1) is 12.4. The molecule has 27 heavy (non-hydrogen) atoms. The van der Waals surface area contributed by atoms with E-state index in [9.17, 15) is 18.0 Å². The van der Waals surface area contributed by atoms with Gasteiger partial charge in [-0.05, 0) is 29.5 Å². The SMILES string of the molecule is Cc1c(COC(=O)O[C@@H]2[C@@H](C=C(Cl)C(F)(F)F)C2(C)C)cccc1C(C)C. The van der Waals surface area contributed by atoms with E-state index in [1.807, 2.05) is 25.1 Å². The van der Waals surface area contributed by atoms with E-state index < -0.39 is 34.8 Å². The zero-order valence-electron chi connectivity index (χ0n) is 16.0. The normalized spacial score (nSPS) is 21.9. The van der Waals surface area contributed by atoms with Gasteiger partial charge in [-0.25, -0.2) is 4.79 Å². The molecule has 2 rings (SSSR count). The van der Waals surface area contributed by atoms with Crippen LogP contribution in [-0.4, -0.2) is 18.4 Å². The molecule has 7 heteroatoms. The first-order valence-corrected chi connectivity index (χ1v) is 9.09. The van der Waals surface area contributed by atoms with Crippen molar-refractivity contribution in [3.63, 3.8) is 0 Å². The summed E-state index contributed by atoms with van der Waals surface area (Å²) >= 11 is 5.28. The number of alkyl halides is 3. The van der Waals surface area contributed by atoms with E-state index in [0.717, 1.165) is 17.2 Å². The van der Waals surface area contributed by atoms with Crippen LogP contribution >= 0.6 is 11.6 Å². The van der Waals surface area contributed by atoms with Crippen LogP contribution in [0.15, 0.2) is 29.3 Å². The van der Waals surface area contributed by atoms with Crippen LogP contribution in [0.1, 0.15) is 50.3 Å². The number of hydrogen-bond donors (Lipinski definition) is 0. The van der Waals surface area contributed by atoms with Crippen LogP contribution in [-0.2, 0) is 16.1 Å². The number of halogens is 4. The Morgan fingerprint density at radius 2 is 1.96 bits per heavy atom. The Labute approximate surface area is 162 Å². The van der Waals surface area contributed by atoms with Crippen molar-refractivity contribution in [3.8, 4) is 0 Å². The standard InChI is InChI=1S/C20H24ClF3O3/c1-11(2)14-8-6-7-13(12(14)3)10-26-18(25)27-17-15(19(17,4)5)9-16(21)20(22,23)24/h6-9,11,15,17H,10H2,1-5H3/t15-,17-/m1/s1. The maximum Gasteiger partial charge on any atom is 0.508 e. The van der Waals surface area contributed by atoms with Gasteiger partial charge in [0.1, 0.15) is 17.7 Å². The molecule has 1 aliphatic carbocycles. The molecule has 0 N–H and O–H groups in total. The highest BCUT2D eigenvalue weighted by Gasteiger charge is 2.60. The summed E-state index contributed by atoms with van der Waals surface area (Å²) in [5.41, 5.74) is 2.45. The quantitative estimate of drug-likeness (QED) is 0.527. The zero-order valence-corrected chi connectivity index (χ0v) is 16.7. The third-order valence-electron chi connectivity index (χ3n) is 5.08. The van der Waals surface area contributed by atoms with Gasteiger partial charge < -0.3 is 9.47 Å². The van der Waals surface area contributed by atoms with Gasteiger partial charge in [-0.2, -0.15) is 13.2 Å². The fourth-order valence-electron chi connectivity index (χ4n) is 3.17. The van der Waals surface area contributed by atoms with Gasteiger partial charge in [0.2, 0.25) is 0 Å². The Bertz CT molecular complexity index is 738. The zero-order chi connectivity index (χ0) is 20.6. The Hall–Kier alpha value is -1.69. The van der Waals surface area contributed by atoms with Crippen LogP contribution in [0.25, 0.3) is 0 Å². The molecule has 1 aromatic carbocycles. The molecular formula is C20H24ClF3O3. The largest absolute Gasteiger partial charge is 0.508 e. The predicted molar refractivity (Wildman–Crippen MR) is 97.6 cm³/mol. The molecule has 0 aliphatic heterocycles. The molecule has 0 unspecified atom stereocenters. The third kappa shape index (κ3) is 4.98. The molecule has 0 saturated heterocycles. The third-order valence-corrected chi connectivity index (χ3v) is 5.43. The van der Waals surface area contributed by atoms with Gasteiger partial charge in [-0.15, -0.1) is 0 Å². The van der Waals surface area contributed by atoms with Crippen LogP contribution in [0, 0.1) is 18.3 Å². The van der Waals surface area contributed by atoms with Crippen molar-refractivity contribution >= 4 is 17.8 Å². The highest BCUT2D eigenvalue weighted by atomic mass is 35.5. The summed E-state index contributed by atoms with van der Waals surface area (Å²) in [4.78, 5) is 12.0. The Morgan fingerprint density at radius 1 is 1.33 bits per heavy atom. The van der Waals surface area contributed by atoms with Crippen LogP contribution in [0.3, 0.4) is 0 Å². The van der Waals surface area contributed by atoms with Gasteiger partial charge in [0.25, 0.3) is 0 Å². The molecule has 0 radical (unpaired) electrons. The highest BCUT2D eigenvalue weighted by molar-refractivity contribution is 6.30. The number of benzene rings is 1. The summed E-state index contributed by atoms with van der Waals surface area (Å²) in [5.74, 6) is -0.264. The highest BCUT2D eigenvalue weighted by Crippen LogP contribution is 2.56. The molecule has 150 valence electrons. The van der Waals surface area contributed by atoms with Crippen LogP contribution in [0.4, 0.5) is 18.0 Å². The summed E-state index contributed by atoms with van der Waals surface area (Å²) in [5, 5.41) is -1.21. The van der Waals surface area contributed by atoms with Crippen molar-refractivity contribution in [1.29, 1.82) is 0 Å². The van der Waals surface area contributed by atoms with E-state index in [-0.39, 0.29) is 6.61 Å². The Kier molecular flexibility index (Phi) is 6.19. The Balaban J connectivity index is 1.96. The molecule has 1 aromatic rings. The summed E-state index contributed by atoms with van der Waals surface area (Å²) in [7, 11) is 0. The smallest absolute Gasteiger partial charge is 0.430 e. The lowest BCUT2D eigenvalue weighted by Crippen LogP contribution is -2.13. The Morgan fingerprint density at radius 3 is 2.52 bits per heavy atom. The number of rotatable bonds is 5. The van der Waals surface area contributed by atoms with Crippen molar-refractivity contribution in [2.45, 2.75) is 59.4 Å². The minimum Gasteiger partial charge on any atom is -0.430 e. The molecule has 1 fully saturated rings. The number of carbonyl (C=O) groups is 1. The second-order valence-electron chi connectivity index (χ2n) is 7.72. The first kappa shape index (κ1) is 21.6. The van der Waals surface area contributed by atoms with Gasteiger partial charge in [-0.3, -0.25) is 0 Å². The summed E-state index contributed by atoms with van der Waals surface area (Å²) in [6.07, 6.45) is -5.31. The van der Waals surface area contributed by atoms with E-state index >= 15 is 0 Å². The lowest BCUT2D eigenvalue weighted by atomic mass is 9.95. The molecule has 2 atom stereocenters. The second-order valence-corrected chi connectivity index (χ2v) is 8.13. The van der Waals surface area contributed by atoms with Crippen molar-refractivity contribution in [3.05, 3.63) is 46.0 Å². The molecule has 3 nitrogen and oxygen atoms in total.